The van der Waals surface area contributed by atoms with Crippen molar-refractivity contribution < 1.29 is 9.90 Å². The molecule has 1 aromatic rings. The van der Waals surface area contributed by atoms with Crippen molar-refractivity contribution in [2.75, 3.05) is 19.6 Å². The number of aliphatic hydroxyl groups is 1. The van der Waals surface area contributed by atoms with Gasteiger partial charge in [0.1, 0.15) is 0 Å². The first-order chi connectivity index (χ1) is 10.6. The van der Waals surface area contributed by atoms with Crippen LogP contribution in [0.1, 0.15) is 38.4 Å². The number of hydrogen-bond donors (Lipinski definition) is 2. The highest BCUT2D eigenvalue weighted by atomic mass is 16.3. The van der Waals surface area contributed by atoms with E-state index in [1.807, 2.05) is 18.2 Å². The van der Waals surface area contributed by atoms with Crippen LogP contribution in [0, 0.1) is 0 Å². The van der Waals surface area contributed by atoms with Crippen LogP contribution in [0.2, 0.25) is 0 Å². The maximum atomic E-state index is 12.1. The number of benzene rings is 1. The molecule has 0 unspecified atom stereocenters. The Kier molecular flexibility index (Phi) is 6.16. The summed E-state index contributed by atoms with van der Waals surface area (Å²) in [6, 6.07) is 9.23. The third-order valence-electron chi connectivity index (χ3n) is 4.06. The van der Waals surface area contributed by atoms with Crippen LogP contribution in [0.5, 0.6) is 0 Å². The van der Waals surface area contributed by atoms with Crippen molar-refractivity contribution in [1.82, 2.24) is 10.2 Å². The topological polar surface area (TPSA) is 52.6 Å². The molecule has 1 fully saturated rings. The number of nitrogens with one attached hydrogen (secondary N) is 1. The third kappa shape index (κ3) is 4.97. The second-order valence-corrected chi connectivity index (χ2v) is 6.18. The van der Waals surface area contributed by atoms with Crippen molar-refractivity contribution in [2.24, 2.45) is 0 Å². The van der Waals surface area contributed by atoms with E-state index in [-0.39, 0.29) is 11.9 Å². The first kappa shape index (κ1) is 16.7. The van der Waals surface area contributed by atoms with Crippen molar-refractivity contribution in [2.45, 2.75) is 38.8 Å². The van der Waals surface area contributed by atoms with Crippen LogP contribution in [0.25, 0.3) is 0 Å². The molecule has 1 atom stereocenters. The molecule has 4 heteroatoms. The smallest absolute Gasteiger partial charge is 0.253 e. The summed E-state index contributed by atoms with van der Waals surface area (Å²) in [5.74, 6) is -0.297. The average Bonchev–Trinajstić information content (AvgIpc) is 2.54. The maximum Gasteiger partial charge on any atom is 0.253 e. The van der Waals surface area contributed by atoms with Crippen LogP contribution in [-0.2, 0) is 4.79 Å². The van der Waals surface area contributed by atoms with Gasteiger partial charge in [-0.15, -0.1) is 0 Å². The number of allylic oxidation sites excluding steroid dienone is 1. The number of carbonyl (C=O) groups is 1. The summed E-state index contributed by atoms with van der Waals surface area (Å²) in [6.07, 6.45) is 3.02. The van der Waals surface area contributed by atoms with Crippen LogP contribution in [0.3, 0.4) is 0 Å². The van der Waals surface area contributed by atoms with E-state index in [1.54, 1.807) is 12.1 Å². The summed E-state index contributed by atoms with van der Waals surface area (Å²) in [4.78, 5) is 14.5. The van der Waals surface area contributed by atoms with Gasteiger partial charge in [-0.2, -0.15) is 0 Å². The van der Waals surface area contributed by atoms with Crippen LogP contribution >= 0.6 is 0 Å². The molecule has 1 heterocycles. The van der Waals surface area contributed by atoms with Gasteiger partial charge in [0.15, 0.2) is 6.10 Å². The van der Waals surface area contributed by atoms with E-state index >= 15 is 0 Å². The lowest BCUT2D eigenvalue weighted by Crippen LogP contribution is -2.46. The molecule has 1 saturated heterocycles. The Bertz CT molecular complexity index is 501. The number of amides is 1. The predicted molar refractivity (Wildman–Crippen MR) is 88.4 cm³/mol. The number of carbonyl (C=O) groups excluding carboxylic acids is 1. The summed E-state index contributed by atoms with van der Waals surface area (Å²) in [5.41, 5.74) is 1.97. The second kappa shape index (κ2) is 8.11. The molecule has 1 aliphatic rings. The van der Waals surface area contributed by atoms with Crippen LogP contribution in [0.4, 0.5) is 0 Å². The lowest BCUT2D eigenvalue weighted by Gasteiger charge is -2.32. The number of aliphatic hydroxyl groups excluding tert-OH is 1. The molecule has 2 N–H and O–H groups in total. The van der Waals surface area contributed by atoms with Gasteiger partial charge in [0.25, 0.3) is 5.91 Å². The zero-order valence-corrected chi connectivity index (χ0v) is 13.5. The minimum Gasteiger partial charge on any atom is -0.378 e. The van der Waals surface area contributed by atoms with E-state index in [4.69, 9.17) is 0 Å². The largest absolute Gasteiger partial charge is 0.378 e. The Morgan fingerprint density at radius 1 is 1.32 bits per heavy atom. The zero-order chi connectivity index (χ0) is 15.9. The first-order valence-electron chi connectivity index (χ1n) is 7.95. The number of nitrogens with zero attached hydrogens (tertiary/aromatic N) is 1. The van der Waals surface area contributed by atoms with E-state index < -0.39 is 6.10 Å². The third-order valence-corrected chi connectivity index (χ3v) is 4.06. The van der Waals surface area contributed by atoms with Gasteiger partial charge in [-0.3, -0.25) is 9.69 Å². The van der Waals surface area contributed by atoms with Gasteiger partial charge in [-0.05, 0) is 32.3 Å². The molecule has 120 valence electrons. The highest BCUT2D eigenvalue weighted by Gasteiger charge is 2.23. The Morgan fingerprint density at radius 3 is 2.55 bits per heavy atom. The van der Waals surface area contributed by atoms with Gasteiger partial charge < -0.3 is 10.4 Å². The summed E-state index contributed by atoms with van der Waals surface area (Å²) in [5, 5.41) is 13.1. The van der Waals surface area contributed by atoms with E-state index in [0.717, 1.165) is 32.5 Å². The Balaban J connectivity index is 1.78. The molecular formula is C18H26N2O2. The first-order valence-corrected chi connectivity index (χ1v) is 7.95. The summed E-state index contributed by atoms with van der Waals surface area (Å²) < 4.78 is 0. The Labute approximate surface area is 132 Å². The molecule has 2 rings (SSSR count). The molecule has 22 heavy (non-hydrogen) atoms. The fraction of sp³-hybridized carbons (Fsp3) is 0.500. The number of likely N-dealkylation sites (tertiary alicyclic amines) is 1. The maximum absolute atomic E-state index is 12.1. The van der Waals surface area contributed by atoms with Crippen molar-refractivity contribution in [3.63, 3.8) is 0 Å². The molecule has 0 aliphatic carbocycles. The fourth-order valence-corrected chi connectivity index (χ4v) is 2.64. The Morgan fingerprint density at radius 2 is 1.95 bits per heavy atom. The van der Waals surface area contributed by atoms with Crippen molar-refractivity contribution in [1.29, 1.82) is 0 Å². The monoisotopic (exact) mass is 302 g/mol. The van der Waals surface area contributed by atoms with E-state index in [2.05, 4.69) is 30.1 Å². The van der Waals surface area contributed by atoms with Crippen LogP contribution in [0.15, 0.2) is 42.0 Å². The highest BCUT2D eigenvalue weighted by Crippen LogP contribution is 2.15. The van der Waals surface area contributed by atoms with Crippen LogP contribution in [-0.4, -0.2) is 41.6 Å². The van der Waals surface area contributed by atoms with Gasteiger partial charge in [-0.1, -0.05) is 42.0 Å². The quantitative estimate of drug-likeness (QED) is 0.820. The summed E-state index contributed by atoms with van der Waals surface area (Å²) >= 11 is 0. The molecular weight excluding hydrogens is 276 g/mol. The lowest BCUT2D eigenvalue weighted by molar-refractivity contribution is -0.130. The Hall–Kier alpha value is -1.65. The molecule has 0 bridgehead atoms. The van der Waals surface area contributed by atoms with Crippen molar-refractivity contribution in [3.05, 3.63) is 47.5 Å². The molecule has 0 saturated carbocycles. The van der Waals surface area contributed by atoms with Gasteiger partial charge in [0.2, 0.25) is 0 Å². The highest BCUT2D eigenvalue weighted by molar-refractivity contribution is 5.82. The van der Waals surface area contributed by atoms with Crippen molar-refractivity contribution >= 4 is 5.91 Å². The van der Waals surface area contributed by atoms with E-state index in [1.165, 1.54) is 5.57 Å². The molecule has 0 radical (unpaired) electrons. The zero-order valence-electron chi connectivity index (χ0n) is 13.5. The SMILES string of the molecule is CC(C)=CCN1CCC(NC(=O)[C@@H](O)c2ccccc2)CC1. The normalized spacial score (nSPS) is 17.8. The van der Waals surface area contributed by atoms with E-state index in [0.29, 0.717) is 5.56 Å². The standard InChI is InChI=1S/C18H26N2O2/c1-14(2)8-11-20-12-9-16(10-13-20)19-18(22)17(21)15-6-4-3-5-7-15/h3-8,16-17,21H,9-13H2,1-2H3,(H,19,22)/t17-/m0/s1. The molecule has 0 spiro atoms. The minimum absolute atomic E-state index is 0.161. The predicted octanol–water partition coefficient (Wildman–Crippen LogP) is 2.27. The van der Waals surface area contributed by atoms with E-state index in [9.17, 15) is 9.90 Å². The van der Waals surface area contributed by atoms with Gasteiger partial charge in [0.05, 0.1) is 0 Å². The lowest BCUT2D eigenvalue weighted by atomic mass is 10.0. The molecule has 4 nitrogen and oxygen atoms in total. The fourth-order valence-electron chi connectivity index (χ4n) is 2.64. The summed E-state index contributed by atoms with van der Waals surface area (Å²) in [6.45, 7) is 7.16. The molecule has 0 aromatic heterocycles. The molecule has 1 amide bonds. The molecule has 1 aliphatic heterocycles. The number of hydrogen-bond acceptors (Lipinski definition) is 3. The average molecular weight is 302 g/mol. The number of rotatable bonds is 5. The van der Waals surface area contributed by atoms with Crippen LogP contribution < -0.4 is 5.32 Å². The van der Waals surface area contributed by atoms with Crippen molar-refractivity contribution in [3.8, 4) is 0 Å². The van der Waals surface area contributed by atoms with Gasteiger partial charge in [0, 0.05) is 25.7 Å². The molecule has 1 aromatic carbocycles. The minimum atomic E-state index is -1.08. The van der Waals surface area contributed by atoms with Gasteiger partial charge in [-0.25, -0.2) is 0 Å². The summed E-state index contributed by atoms with van der Waals surface area (Å²) in [7, 11) is 0. The van der Waals surface area contributed by atoms with Gasteiger partial charge >= 0.3 is 0 Å². The number of piperidine rings is 1. The second-order valence-electron chi connectivity index (χ2n) is 6.18.